The zero-order chi connectivity index (χ0) is 33.8. The fourth-order valence-corrected chi connectivity index (χ4v) is 8.60. The van der Waals surface area contributed by atoms with Crippen LogP contribution in [0.4, 0.5) is 4.39 Å². The Labute approximate surface area is 282 Å². The summed E-state index contributed by atoms with van der Waals surface area (Å²) >= 11 is 0. The molecule has 6 nitrogen and oxygen atoms in total. The van der Waals surface area contributed by atoms with E-state index < -0.39 is 25.2 Å². The Bertz CT molecular complexity index is 1140. The molecule has 0 atom stereocenters. The highest BCUT2D eigenvalue weighted by Crippen LogP contribution is 2.46. The maximum Gasteiger partial charge on any atom is 0.335 e. The minimum absolute atomic E-state index is 0.00547. The van der Waals surface area contributed by atoms with Crippen LogP contribution in [-0.2, 0) is 19.1 Å². The first-order valence-corrected chi connectivity index (χ1v) is 18.4. The minimum atomic E-state index is -0.652. The summed E-state index contributed by atoms with van der Waals surface area (Å²) < 4.78 is 26.3. The van der Waals surface area contributed by atoms with Crippen molar-refractivity contribution in [3.63, 3.8) is 0 Å². The van der Waals surface area contributed by atoms with E-state index in [1.807, 2.05) is 6.07 Å². The number of carbonyl (C=O) groups is 2. The van der Waals surface area contributed by atoms with Crippen LogP contribution in [0.2, 0.25) is 0 Å². The topological polar surface area (TPSA) is 93.1 Å². The molecule has 47 heavy (non-hydrogen) atoms. The number of aliphatic hydroxyl groups is 2. The highest BCUT2D eigenvalue weighted by molar-refractivity contribution is 5.88. The van der Waals surface area contributed by atoms with Gasteiger partial charge in [-0.1, -0.05) is 57.9 Å². The lowest BCUT2D eigenvalue weighted by molar-refractivity contribution is -0.146. The Balaban J connectivity index is 1.24. The summed E-state index contributed by atoms with van der Waals surface area (Å²) in [5.41, 5.74) is 2.08. The highest BCUT2D eigenvalue weighted by atomic mass is 19.1. The number of halogens is 1. The average molecular weight is 655 g/mol. The van der Waals surface area contributed by atoms with E-state index in [9.17, 15) is 19.8 Å². The van der Waals surface area contributed by atoms with Gasteiger partial charge in [0.25, 0.3) is 0 Å². The van der Waals surface area contributed by atoms with Crippen LogP contribution in [0.25, 0.3) is 0 Å². The quantitative estimate of drug-likeness (QED) is 0.105. The van der Waals surface area contributed by atoms with Crippen LogP contribution >= 0.6 is 0 Å². The molecule has 0 aliphatic heterocycles. The van der Waals surface area contributed by atoms with Crippen molar-refractivity contribution in [2.24, 2.45) is 29.6 Å². The van der Waals surface area contributed by atoms with Gasteiger partial charge < -0.3 is 19.7 Å². The van der Waals surface area contributed by atoms with Crippen LogP contribution in [0.3, 0.4) is 0 Å². The van der Waals surface area contributed by atoms with Gasteiger partial charge >= 0.3 is 11.9 Å². The van der Waals surface area contributed by atoms with Crippen molar-refractivity contribution in [3.05, 3.63) is 59.4 Å². The summed E-state index contributed by atoms with van der Waals surface area (Å²) in [6, 6.07) is 6.17. The number of hydrogen-bond acceptors (Lipinski definition) is 6. The number of benzene rings is 1. The first kappa shape index (κ1) is 37.3. The van der Waals surface area contributed by atoms with Gasteiger partial charge in [0.05, 0.1) is 37.6 Å². The predicted octanol–water partition coefficient (Wildman–Crippen LogP) is 8.56. The van der Waals surface area contributed by atoms with Gasteiger partial charge in [0.15, 0.2) is 0 Å². The van der Waals surface area contributed by atoms with E-state index in [0.717, 1.165) is 62.8 Å². The number of unbranched alkanes of at least 4 members (excludes halogenated alkanes) is 2. The molecular formula is C40H59FO6. The van der Waals surface area contributed by atoms with Crippen molar-refractivity contribution in [3.8, 4) is 0 Å². The molecule has 3 fully saturated rings. The maximum atomic E-state index is 15.5. The van der Waals surface area contributed by atoms with Gasteiger partial charge in [-0.15, -0.1) is 0 Å². The molecule has 1 aromatic rings. The molecule has 0 bridgehead atoms. The minimum Gasteiger partial charge on any atom is -0.462 e. The van der Waals surface area contributed by atoms with Crippen molar-refractivity contribution in [1.82, 2.24) is 0 Å². The van der Waals surface area contributed by atoms with E-state index >= 15 is 4.39 Å². The molecule has 0 unspecified atom stereocenters. The van der Waals surface area contributed by atoms with E-state index in [4.69, 9.17) is 9.47 Å². The molecule has 2 N–H and O–H groups in total. The molecule has 1 aromatic carbocycles. The third-order valence-electron chi connectivity index (χ3n) is 11.7. The smallest absolute Gasteiger partial charge is 0.335 e. The lowest BCUT2D eigenvalue weighted by Crippen LogP contribution is -2.33. The summed E-state index contributed by atoms with van der Waals surface area (Å²) in [5, 5.41) is 18.4. The Morgan fingerprint density at radius 3 is 1.83 bits per heavy atom. The Kier molecular flexibility index (Phi) is 15.0. The molecule has 0 radical (unpaired) electrons. The zero-order valence-corrected chi connectivity index (χ0v) is 28.7. The van der Waals surface area contributed by atoms with Crippen LogP contribution in [0, 0.1) is 35.4 Å². The third-order valence-corrected chi connectivity index (χ3v) is 11.7. The standard InChI is InChI=1S/C40H59FO6/c1-4-5-6-7-29-8-10-32(11-9-29)35-20-21-37(38(41)22-35)34-18-16-31(17-19-34)30-12-14-33(15-13-30)36(25-46-39(44)27(2)23-42)26-47-40(45)28(3)24-43/h20-22,29-34,36,42-43H,2-19,23-26H2,1H3. The summed E-state index contributed by atoms with van der Waals surface area (Å²) in [7, 11) is 0. The summed E-state index contributed by atoms with van der Waals surface area (Å²) in [6.45, 7) is 8.52. The average Bonchev–Trinajstić information content (AvgIpc) is 3.11. The lowest BCUT2D eigenvalue weighted by Gasteiger charge is -2.39. The molecule has 0 aromatic heterocycles. The van der Waals surface area contributed by atoms with E-state index in [-0.39, 0.29) is 42.0 Å². The maximum absolute atomic E-state index is 15.5. The van der Waals surface area contributed by atoms with Crippen LogP contribution < -0.4 is 0 Å². The number of esters is 2. The number of aliphatic hydroxyl groups excluding tert-OH is 2. The van der Waals surface area contributed by atoms with Gasteiger partial charge in [-0.3, -0.25) is 0 Å². The van der Waals surface area contributed by atoms with Gasteiger partial charge in [0.2, 0.25) is 0 Å². The normalized spacial score (nSPS) is 26.5. The molecule has 3 saturated carbocycles. The molecule has 0 heterocycles. The number of rotatable bonds is 16. The van der Waals surface area contributed by atoms with Crippen LogP contribution in [0.5, 0.6) is 0 Å². The van der Waals surface area contributed by atoms with Crippen molar-refractivity contribution < 1.29 is 33.7 Å². The summed E-state index contributed by atoms with van der Waals surface area (Å²) in [4.78, 5) is 24.3. The summed E-state index contributed by atoms with van der Waals surface area (Å²) in [6.07, 6.45) is 18.6. The van der Waals surface area contributed by atoms with Crippen molar-refractivity contribution >= 4 is 11.9 Å². The van der Waals surface area contributed by atoms with Gasteiger partial charge in [-0.25, -0.2) is 14.0 Å². The second-order valence-electron chi connectivity index (χ2n) is 14.8. The molecule has 3 aliphatic rings. The van der Waals surface area contributed by atoms with Crippen molar-refractivity contribution in [2.75, 3.05) is 26.4 Å². The van der Waals surface area contributed by atoms with Gasteiger partial charge in [0, 0.05) is 5.92 Å². The van der Waals surface area contributed by atoms with E-state index in [1.54, 1.807) is 0 Å². The molecule has 4 rings (SSSR count). The van der Waals surface area contributed by atoms with Crippen molar-refractivity contribution in [2.45, 2.75) is 121 Å². The van der Waals surface area contributed by atoms with Crippen LogP contribution in [0.15, 0.2) is 42.5 Å². The van der Waals surface area contributed by atoms with Gasteiger partial charge in [-0.2, -0.15) is 0 Å². The Morgan fingerprint density at radius 2 is 1.32 bits per heavy atom. The molecule has 7 heteroatoms. The van der Waals surface area contributed by atoms with Gasteiger partial charge in [-0.05, 0) is 130 Å². The predicted molar refractivity (Wildman–Crippen MR) is 183 cm³/mol. The van der Waals surface area contributed by atoms with Crippen LogP contribution in [-0.4, -0.2) is 48.6 Å². The molecule has 0 spiro atoms. The fraction of sp³-hybridized carbons (Fsp3) is 0.700. The SMILES string of the molecule is C=C(CO)C(=O)OCC(COC(=O)C(=C)CO)C1CCC(C2CCC(c3ccc(C4CCC(CCCCC)CC4)cc3F)CC2)CC1. The molecule has 3 aliphatic carbocycles. The van der Waals surface area contributed by atoms with E-state index in [0.29, 0.717) is 23.7 Å². The monoisotopic (exact) mass is 654 g/mol. The number of carbonyl (C=O) groups excluding carboxylic acids is 2. The first-order chi connectivity index (χ1) is 22.7. The largest absolute Gasteiger partial charge is 0.462 e. The van der Waals surface area contributed by atoms with E-state index in [2.05, 4.69) is 32.2 Å². The van der Waals surface area contributed by atoms with E-state index in [1.165, 1.54) is 56.9 Å². The second kappa shape index (κ2) is 18.9. The highest BCUT2D eigenvalue weighted by Gasteiger charge is 2.35. The Morgan fingerprint density at radius 1 is 0.787 bits per heavy atom. The number of hydrogen-bond donors (Lipinski definition) is 2. The van der Waals surface area contributed by atoms with Crippen molar-refractivity contribution in [1.29, 1.82) is 0 Å². The van der Waals surface area contributed by atoms with Crippen LogP contribution in [0.1, 0.15) is 133 Å². The third kappa shape index (κ3) is 10.7. The summed E-state index contributed by atoms with van der Waals surface area (Å²) in [5.74, 6) is 1.63. The molecule has 0 amide bonds. The zero-order valence-electron chi connectivity index (χ0n) is 28.7. The second-order valence-corrected chi connectivity index (χ2v) is 14.8. The fourth-order valence-electron chi connectivity index (χ4n) is 8.60. The molecule has 0 saturated heterocycles. The molecule has 262 valence electrons. The molecular weight excluding hydrogens is 595 g/mol. The van der Waals surface area contributed by atoms with Gasteiger partial charge in [0.1, 0.15) is 5.82 Å². The first-order valence-electron chi connectivity index (χ1n) is 18.4. The number of ether oxygens (including phenoxy) is 2. The Hall–Kier alpha value is -2.51. The lowest BCUT2D eigenvalue weighted by atomic mass is 9.67.